The van der Waals surface area contributed by atoms with E-state index in [0.717, 1.165) is 116 Å². The number of unbranched alkanes of at least 4 members (excludes halogenated alkanes) is 19. The van der Waals surface area contributed by atoms with Crippen molar-refractivity contribution in [3.63, 3.8) is 0 Å². The van der Waals surface area contributed by atoms with Gasteiger partial charge < -0.3 is 20.4 Å². The van der Waals surface area contributed by atoms with Crippen LogP contribution in [0.1, 0.15) is 200 Å². The monoisotopic (exact) mass is 628 g/mol. The van der Waals surface area contributed by atoms with Gasteiger partial charge in [-0.3, -0.25) is 19.2 Å². The molecule has 4 N–H and O–H groups in total. The zero-order valence-corrected chi connectivity index (χ0v) is 28.4. The first kappa shape index (κ1) is 44.0. The fraction of sp³-hybridized carbons (Fsp3) is 0.889. The summed E-state index contributed by atoms with van der Waals surface area (Å²) in [6.45, 7) is 4.44. The molecule has 0 rings (SSSR count). The number of carboxylic acid groups (broad SMARTS) is 4. The largest absolute Gasteiger partial charge is 0.481 e. The van der Waals surface area contributed by atoms with Gasteiger partial charge in [-0.1, -0.05) is 142 Å². The third kappa shape index (κ3) is 31.3. The van der Waals surface area contributed by atoms with E-state index in [1.54, 1.807) is 0 Å². The van der Waals surface area contributed by atoms with E-state index in [2.05, 4.69) is 13.8 Å². The summed E-state index contributed by atoms with van der Waals surface area (Å²) in [6.07, 6.45) is 27.5. The van der Waals surface area contributed by atoms with Crippen LogP contribution in [-0.4, -0.2) is 44.3 Å². The number of aliphatic carboxylic acids is 4. The number of carboxylic acids is 4. The molecule has 0 unspecified atom stereocenters. The van der Waals surface area contributed by atoms with Crippen molar-refractivity contribution in [3.05, 3.63) is 0 Å². The van der Waals surface area contributed by atoms with Crippen molar-refractivity contribution in [2.45, 2.75) is 200 Å². The summed E-state index contributed by atoms with van der Waals surface area (Å²) in [6, 6.07) is 0. The SMILES string of the molecule is CCCCCCCCC(CCCCCCCC)(CCCCCCCC(=O)O)C(=O)O.O=C(O)CCCCCCCCC(=O)O. The average Bonchev–Trinajstić information content (AvgIpc) is 2.96. The quantitative estimate of drug-likeness (QED) is 0.0537. The Balaban J connectivity index is 0. The molecule has 0 saturated heterocycles. The molecule has 0 atom stereocenters. The van der Waals surface area contributed by atoms with Crippen molar-refractivity contribution >= 4 is 23.9 Å². The molecule has 8 nitrogen and oxygen atoms in total. The van der Waals surface area contributed by atoms with Crippen LogP contribution in [0, 0.1) is 5.41 Å². The Kier molecular flexibility index (Phi) is 32.3. The fourth-order valence-electron chi connectivity index (χ4n) is 5.71. The Morgan fingerprint density at radius 1 is 0.364 bits per heavy atom. The summed E-state index contributed by atoms with van der Waals surface area (Å²) in [7, 11) is 0. The Morgan fingerprint density at radius 3 is 0.818 bits per heavy atom. The third-order valence-electron chi connectivity index (χ3n) is 8.55. The van der Waals surface area contributed by atoms with Gasteiger partial charge in [-0.25, -0.2) is 0 Å². The molecule has 0 fully saturated rings. The second-order valence-electron chi connectivity index (χ2n) is 12.7. The Hall–Kier alpha value is -2.12. The lowest BCUT2D eigenvalue weighted by atomic mass is 9.74. The zero-order valence-electron chi connectivity index (χ0n) is 28.4. The van der Waals surface area contributed by atoms with Crippen molar-refractivity contribution in [1.29, 1.82) is 0 Å². The van der Waals surface area contributed by atoms with Crippen molar-refractivity contribution in [3.8, 4) is 0 Å². The number of carbonyl (C=O) groups is 4. The van der Waals surface area contributed by atoms with Gasteiger partial charge in [-0.05, 0) is 38.5 Å². The molecule has 0 aliphatic heterocycles. The summed E-state index contributed by atoms with van der Waals surface area (Å²) < 4.78 is 0. The van der Waals surface area contributed by atoms with Crippen molar-refractivity contribution < 1.29 is 39.6 Å². The van der Waals surface area contributed by atoms with Gasteiger partial charge in [0.25, 0.3) is 0 Å². The maximum Gasteiger partial charge on any atom is 0.309 e. The molecular formula is C36H68O8. The second kappa shape index (κ2) is 32.3. The highest BCUT2D eigenvalue weighted by Crippen LogP contribution is 2.38. The summed E-state index contributed by atoms with van der Waals surface area (Å²) >= 11 is 0. The molecule has 0 bridgehead atoms. The van der Waals surface area contributed by atoms with E-state index >= 15 is 0 Å². The van der Waals surface area contributed by atoms with Crippen LogP contribution in [0.15, 0.2) is 0 Å². The van der Waals surface area contributed by atoms with Crippen molar-refractivity contribution in [1.82, 2.24) is 0 Å². The van der Waals surface area contributed by atoms with E-state index in [1.807, 2.05) is 0 Å². The third-order valence-corrected chi connectivity index (χ3v) is 8.55. The van der Waals surface area contributed by atoms with Gasteiger partial charge in [0.1, 0.15) is 0 Å². The minimum absolute atomic E-state index is 0.245. The molecule has 8 heteroatoms. The van der Waals surface area contributed by atoms with Gasteiger partial charge in [-0.15, -0.1) is 0 Å². The van der Waals surface area contributed by atoms with E-state index in [9.17, 15) is 24.3 Å². The van der Waals surface area contributed by atoms with E-state index in [4.69, 9.17) is 15.3 Å². The van der Waals surface area contributed by atoms with Crippen LogP contribution in [-0.2, 0) is 19.2 Å². The summed E-state index contributed by atoms with van der Waals surface area (Å²) in [5, 5.41) is 35.6. The maximum atomic E-state index is 12.3. The Labute approximate surface area is 268 Å². The Bertz CT molecular complexity index is 670. The zero-order chi connectivity index (χ0) is 33.3. The van der Waals surface area contributed by atoms with Gasteiger partial charge in [0.05, 0.1) is 5.41 Å². The first-order valence-electron chi connectivity index (χ1n) is 18.0. The molecule has 260 valence electrons. The van der Waals surface area contributed by atoms with Gasteiger partial charge in [0.2, 0.25) is 0 Å². The average molecular weight is 629 g/mol. The van der Waals surface area contributed by atoms with Crippen LogP contribution in [0.2, 0.25) is 0 Å². The maximum absolute atomic E-state index is 12.3. The second-order valence-corrected chi connectivity index (χ2v) is 12.7. The van der Waals surface area contributed by atoms with Gasteiger partial charge in [-0.2, -0.15) is 0 Å². The van der Waals surface area contributed by atoms with Crippen LogP contribution in [0.5, 0.6) is 0 Å². The molecule has 0 aromatic carbocycles. The van der Waals surface area contributed by atoms with E-state index < -0.39 is 29.3 Å². The van der Waals surface area contributed by atoms with Crippen LogP contribution in [0.3, 0.4) is 0 Å². The lowest BCUT2D eigenvalue weighted by Crippen LogP contribution is -2.31. The molecular weight excluding hydrogens is 560 g/mol. The molecule has 0 aliphatic carbocycles. The summed E-state index contributed by atoms with van der Waals surface area (Å²) in [5.41, 5.74) is -0.545. The fourth-order valence-corrected chi connectivity index (χ4v) is 5.71. The molecule has 0 heterocycles. The van der Waals surface area contributed by atoms with Crippen LogP contribution < -0.4 is 0 Å². The van der Waals surface area contributed by atoms with E-state index in [0.29, 0.717) is 0 Å². The van der Waals surface area contributed by atoms with E-state index in [-0.39, 0.29) is 19.3 Å². The van der Waals surface area contributed by atoms with Gasteiger partial charge in [0.15, 0.2) is 0 Å². The number of hydrogen-bond donors (Lipinski definition) is 4. The summed E-state index contributed by atoms with van der Waals surface area (Å²) in [5.74, 6) is -2.79. The van der Waals surface area contributed by atoms with Crippen molar-refractivity contribution in [2.24, 2.45) is 5.41 Å². The highest BCUT2D eigenvalue weighted by molar-refractivity contribution is 5.74. The van der Waals surface area contributed by atoms with Gasteiger partial charge in [0, 0.05) is 19.3 Å². The molecule has 0 aromatic heterocycles. The number of rotatable bonds is 32. The minimum Gasteiger partial charge on any atom is -0.481 e. The van der Waals surface area contributed by atoms with E-state index in [1.165, 1.54) is 51.4 Å². The first-order valence-corrected chi connectivity index (χ1v) is 18.0. The minimum atomic E-state index is -0.740. The molecule has 0 amide bonds. The molecule has 0 saturated carbocycles. The highest BCUT2D eigenvalue weighted by Gasteiger charge is 2.36. The highest BCUT2D eigenvalue weighted by atomic mass is 16.4. The molecule has 0 aromatic rings. The van der Waals surface area contributed by atoms with Gasteiger partial charge >= 0.3 is 23.9 Å². The Morgan fingerprint density at radius 2 is 0.591 bits per heavy atom. The predicted molar refractivity (Wildman–Crippen MR) is 178 cm³/mol. The van der Waals surface area contributed by atoms with Crippen LogP contribution >= 0.6 is 0 Å². The van der Waals surface area contributed by atoms with Crippen LogP contribution in [0.25, 0.3) is 0 Å². The lowest BCUT2D eigenvalue weighted by Gasteiger charge is -2.30. The number of hydrogen-bond acceptors (Lipinski definition) is 4. The first-order chi connectivity index (χ1) is 21.1. The molecule has 44 heavy (non-hydrogen) atoms. The molecule has 0 aliphatic rings. The van der Waals surface area contributed by atoms with Crippen molar-refractivity contribution in [2.75, 3.05) is 0 Å². The molecule has 0 spiro atoms. The lowest BCUT2D eigenvalue weighted by molar-refractivity contribution is -0.151. The normalized spacial score (nSPS) is 11.1. The molecule has 0 radical (unpaired) electrons. The topological polar surface area (TPSA) is 149 Å². The summed E-state index contributed by atoms with van der Waals surface area (Å²) in [4.78, 5) is 43.2. The predicted octanol–water partition coefficient (Wildman–Crippen LogP) is 10.7. The standard InChI is InChI=1S/C26H50O4.C10H18O4/c1-3-5-7-9-13-17-21-26(25(29)30,22-18-14-10-8-6-4-2)23-19-15-11-12-16-20-24(27)28;11-9(12)7-5-3-1-2-4-6-8-10(13)14/h3-23H2,1-2H3,(H,27,28)(H,29,30);1-8H2,(H,11,12)(H,13,14). The smallest absolute Gasteiger partial charge is 0.309 e. The van der Waals surface area contributed by atoms with Crippen LogP contribution in [0.4, 0.5) is 0 Å².